The number of benzene rings is 6. The van der Waals surface area contributed by atoms with Crippen molar-refractivity contribution in [3.63, 3.8) is 0 Å². The summed E-state index contributed by atoms with van der Waals surface area (Å²) >= 11 is 6.26. The Hall–Kier alpha value is -14.1. The number of hydrogen-bond acceptors (Lipinski definition) is 21. The van der Waals surface area contributed by atoms with Gasteiger partial charge in [0.1, 0.15) is 31.1 Å². The molecule has 0 unspecified atom stereocenters. The Balaban J connectivity index is 0.000000155. The number of nitrogens with zero attached hydrogens (tertiary/aromatic N) is 17. The van der Waals surface area contributed by atoms with Gasteiger partial charge < -0.3 is 41.3 Å². The summed E-state index contributed by atoms with van der Waals surface area (Å²) in [6.45, 7) is 20.8. The number of nitrogens with one attached hydrogen (secondary N) is 4. The Labute approximate surface area is 686 Å². The van der Waals surface area contributed by atoms with E-state index in [1.807, 2.05) is 115 Å². The molecule has 0 radical (unpaired) electrons. The standard InChI is InChI=1S/C24H30N6O3.C22H19N5O2.C21H16ClN5O.C21H23N5O2/c1-24(2,3)14-19-15-25-16-22(27-19)30-17-26-20-7-6-18(13-21(20)30)28-23(33)5-4-8-29(9-11-31)10-12-32;1-3-22(28)26-16-8-9-18-19(11-16)27(14-24-18)21-13-23-12-17(25-21)10-15-6-4-5-7-20(15)29-2;1-2-21(28)26-15-7-8-18-19(10-15)27(13-24-18)20-12-23-11-16(25-20)9-14-5-3-4-6-17(14)22;1-21(2,3)11-16-12-22-13-19(24-16)26-14-23-17-8-7-15(10-18(17)26)25-20(28)6-4-5-9-27/h6-7,13,15-17,31-32H,8-12,14H2,1-3H3,(H,28,33);3-9,11-14H,1,10H2,2H3,(H,26,28);2-8,10-13H,1,9H2,(H,26,28);7-8,10,12-14,27H,5,9,11H2,1-3H3,(H,25,28). The first-order valence-corrected chi connectivity index (χ1v) is 37.8. The fourth-order valence-corrected chi connectivity index (χ4v) is 12.3. The monoisotopic (exact) mass is 1600 g/mol. The molecule has 30 heteroatoms. The SMILES string of the molecule is C=CC(=O)Nc1ccc2ncn(-c3cncc(Cc4ccccc4Cl)n3)c2c1.C=CC(=O)Nc1ccc2ncn(-c3cncc(Cc4ccccc4OC)n3)c2c1.CC(C)(C)Cc1cncc(-n2cnc3ccc(NC(=O)C#CCCO)cc32)n1.CC(C)(C)Cc1cncc(-n2cnc3ccc(NC(=O)C#CCN(CCO)CCO)cc32)n1. The second-order valence-electron chi connectivity index (χ2n) is 29.1. The maximum absolute atomic E-state index is 12.3. The zero-order chi connectivity index (χ0) is 83.7. The molecule has 0 aliphatic rings. The van der Waals surface area contributed by atoms with Gasteiger partial charge in [-0.3, -0.25) is 62.3 Å². The summed E-state index contributed by atoms with van der Waals surface area (Å²) < 4.78 is 12.8. The minimum absolute atomic E-state index is 0.0366. The van der Waals surface area contributed by atoms with Crippen molar-refractivity contribution in [2.45, 2.75) is 73.6 Å². The van der Waals surface area contributed by atoms with Crippen molar-refractivity contribution < 1.29 is 39.2 Å². The minimum atomic E-state index is -0.444. The number of aromatic nitrogens is 16. The van der Waals surface area contributed by atoms with Crippen molar-refractivity contribution in [1.29, 1.82) is 0 Å². The number of ether oxygens (including phenoxy) is 1. The van der Waals surface area contributed by atoms with Crippen molar-refractivity contribution >= 4 is 102 Å². The van der Waals surface area contributed by atoms with Crippen molar-refractivity contribution in [3.05, 3.63) is 260 Å². The number of imidazole rings is 4. The van der Waals surface area contributed by atoms with Gasteiger partial charge in [0.15, 0.2) is 23.3 Å². The summed E-state index contributed by atoms with van der Waals surface area (Å²) in [7, 11) is 1.65. The van der Waals surface area contributed by atoms with E-state index in [1.54, 1.807) is 111 Å². The van der Waals surface area contributed by atoms with Crippen molar-refractivity contribution in [2.24, 2.45) is 10.8 Å². The third kappa shape index (κ3) is 23.8. The maximum atomic E-state index is 12.3. The molecule has 0 atom stereocenters. The van der Waals surface area contributed by atoms with Gasteiger partial charge in [0, 0.05) is 90.5 Å². The van der Waals surface area contributed by atoms with Crippen LogP contribution in [0.15, 0.2) is 222 Å². The van der Waals surface area contributed by atoms with Crippen LogP contribution in [0, 0.1) is 34.5 Å². The molecular weight excluding hydrogens is 1510 g/mol. The number of methoxy groups -OCH3 is 1. The van der Waals surface area contributed by atoms with Crippen molar-refractivity contribution in [2.75, 3.05) is 67.8 Å². The average Bonchev–Trinajstić information content (AvgIpc) is 1.66. The van der Waals surface area contributed by atoms with Gasteiger partial charge in [-0.25, -0.2) is 39.9 Å². The molecule has 600 valence electrons. The summed E-state index contributed by atoms with van der Waals surface area (Å²) in [6.07, 6.45) is 26.0. The lowest BCUT2D eigenvalue weighted by Gasteiger charge is -2.17. The Morgan fingerprint density at radius 3 is 1.19 bits per heavy atom. The summed E-state index contributed by atoms with van der Waals surface area (Å²) in [5.74, 6) is 12.4. The van der Waals surface area contributed by atoms with E-state index in [-0.39, 0.29) is 55.4 Å². The maximum Gasteiger partial charge on any atom is 0.300 e. The summed E-state index contributed by atoms with van der Waals surface area (Å²) in [5.41, 5.74) is 14.5. The van der Waals surface area contributed by atoms with Gasteiger partial charge in [0.25, 0.3) is 11.8 Å². The Bertz CT molecular complexity index is 6050. The molecule has 8 heterocycles. The van der Waals surface area contributed by atoms with Crippen molar-refractivity contribution in [3.8, 4) is 52.7 Å². The molecule has 8 aromatic heterocycles. The van der Waals surface area contributed by atoms with Crippen LogP contribution in [0.5, 0.6) is 5.75 Å². The molecule has 0 spiro atoms. The summed E-state index contributed by atoms with van der Waals surface area (Å²) in [5, 5.41) is 38.5. The minimum Gasteiger partial charge on any atom is -0.496 e. The highest BCUT2D eigenvalue weighted by Gasteiger charge is 2.19. The number of amides is 4. The van der Waals surface area contributed by atoms with Crippen LogP contribution >= 0.6 is 11.6 Å². The van der Waals surface area contributed by atoms with E-state index in [1.165, 1.54) is 12.2 Å². The van der Waals surface area contributed by atoms with Gasteiger partial charge in [-0.2, -0.15) is 0 Å². The molecule has 0 aliphatic heterocycles. The van der Waals surface area contributed by atoms with Gasteiger partial charge >= 0.3 is 0 Å². The topological polar surface area (TPSA) is 364 Å². The number of anilines is 4. The fourth-order valence-electron chi connectivity index (χ4n) is 12.1. The van der Waals surface area contributed by atoms with Crippen molar-refractivity contribution in [1.82, 2.24) is 83.0 Å². The highest BCUT2D eigenvalue weighted by atomic mass is 35.5. The number of carbonyl (C=O) groups is 4. The van der Waals surface area contributed by atoms with Gasteiger partial charge in [0.2, 0.25) is 11.8 Å². The number of hydrogen-bond donors (Lipinski definition) is 7. The van der Waals surface area contributed by atoms with Crippen LogP contribution < -0.4 is 26.0 Å². The van der Waals surface area contributed by atoms with Crippen LogP contribution in [0.2, 0.25) is 5.02 Å². The molecule has 0 saturated carbocycles. The quantitative estimate of drug-likeness (QED) is 0.0231. The molecule has 0 saturated heterocycles. The summed E-state index contributed by atoms with van der Waals surface area (Å²) in [6, 6.07) is 37.3. The molecule has 7 N–H and O–H groups in total. The van der Waals surface area contributed by atoms with E-state index in [4.69, 9.17) is 51.6 Å². The molecular formula is C88H88ClN21O8. The number of rotatable bonds is 23. The van der Waals surface area contributed by atoms with E-state index in [2.05, 4.69) is 140 Å². The first-order chi connectivity index (χ1) is 56.9. The molecule has 29 nitrogen and oxygen atoms in total. The largest absolute Gasteiger partial charge is 0.496 e. The number of para-hydroxylation sites is 1. The molecule has 0 fully saturated rings. The number of fused-ring (bicyclic) bond motifs is 4. The van der Waals surface area contributed by atoms with E-state index in [0.29, 0.717) is 77.0 Å². The molecule has 4 amide bonds. The molecule has 14 rings (SSSR count). The van der Waals surface area contributed by atoms with Gasteiger partial charge in [-0.15, -0.1) is 0 Å². The lowest BCUT2D eigenvalue weighted by molar-refractivity contribution is -0.112. The Kier molecular flexibility index (Phi) is 29.0. The number of aliphatic hydroxyl groups excluding tert-OH is 3. The molecule has 6 aromatic carbocycles. The number of carbonyl (C=O) groups excluding carboxylic acids is 4. The first-order valence-electron chi connectivity index (χ1n) is 37.5. The Morgan fingerprint density at radius 2 is 0.822 bits per heavy atom. The first kappa shape index (κ1) is 84.8. The smallest absolute Gasteiger partial charge is 0.300 e. The predicted molar refractivity (Wildman–Crippen MR) is 456 cm³/mol. The van der Waals surface area contributed by atoms with Crippen LogP contribution in [-0.4, -0.2) is 168 Å². The van der Waals surface area contributed by atoms with E-state index >= 15 is 0 Å². The lowest BCUT2D eigenvalue weighted by atomic mass is 9.91. The average molecular weight is 1600 g/mol. The van der Waals surface area contributed by atoms with Crippen LogP contribution in [0.25, 0.3) is 67.4 Å². The zero-order valence-corrected chi connectivity index (χ0v) is 66.9. The highest BCUT2D eigenvalue weighted by molar-refractivity contribution is 6.31. The Morgan fingerprint density at radius 1 is 0.466 bits per heavy atom. The van der Waals surface area contributed by atoms with Crippen LogP contribution in [0.4, 0.5) is 22.7 Å². The summed E-state index contributed by atoms with van der Waals surface area (Å²) in [4.78, 5) is 103. The van der Waals surface area contributed by atoms with Gasteiger partial charge in [-0.05, 0) is 138 Å². The highest BCUT2D eigenvalue weighted by Crippen LogP contribution is 2.29. The third-order valence-electron chi connectivity index (χ3n) is 17.4. The van der Waals surface area contributed by atoms with E-state index in [9.17, 15) is 19.2 Å². The molecule has 0 aliphatic carbocycles. The molecule has 0 bridgehead atoms. The zero-order valence-electron chi connectivity index (χ0n) is 66.2. The van der Waals surface area contributed by atoms with Crippen LogP contribution in [0.1, 0.15) is 81.9 Å². The lowest BCUT2D eigenvalue weighted by Crippen LogP contribution is -2.30. The second kappa shape index (κ2) is 40.3. The van der Waals surface area contributed by atoms with Gasteiger partial charge in [0.05, 0.1) is 125 Å². The van der Waals surface area contributed by atoms with E-state index < -0.39 is 11.8 Å². The molecule has 14 aromatic rings. The van der Waals surface area contributed by atoms with Crippen LogP contribution in [0.3, 0.4) is 0 Å². The fraction of sp³-hybridized carbons (Fsp3) is 0.227. The third-order valence-corrected chi connectivity index (χ3v) is 17.7. The normalized spacial score (nSPS) is 11.0. The number of halogens is 1. The van der Waals surface area contributed by atoms with Crippen LogP contribution in [-0.2, 0) is 44.9 Å². The molecule has 118 heavy (non-hydrogen) atoms. The van der Waals surface area contributed by atoms with E-state index in [0.717, 1.165) is 96.6 Å². The second-order valence-corrected chi connectivity index (χ2v) is 29.5. The number of aliphatic hydroxyl groups is 3. The van der Waals surface area contributed by atoms with Gasteiger partial charge in [-0.1, -0.05) is 115 Å². The predicted octanol–water partition coefficient (Wildman–Crippen LogP) is 12.1.